The van der Waals surface area contributed by atoms with E-state index in [1.54, 1.807) is 0 Å². The molecule has 1 saturated heterocycles. The Hall–Kier alpha value is 0.750. The summed E-state index contributed by atoms with van der Waals surface area (Å²) in [4.78, 5) is 0. The first-order valence-corrected chi connectivity index (χ1v) is 15.3. The molecule has 4 aliphatic carbocycles. The molecule has 9 heteroatoms. The van der Waals surface area contributed by atoms with E-state index in [0.29, 0.717) is 43.6 Å². The van der Waals surface area contributed by atoms with Gasteiger partial charge in [-0.1, -0.05) is 47.0 Å². The summed E-state index contributed by atoms with van der Waals surface area (Å²) >= 11 is 0. The van der Waals surface area contributed by atoms with E-state index in [4.69, 9.17) is 8.92 Å². The Balaban J connectivity index is 0.00000304. The second kappa shape index (κ2) is 9.99. The maximum atomic E-state index is 11.9. The van der Waals surface area contributed by atoms with Crippen molar-refractivity contribution >= 4 is 10.4 Å². The molecule has 0 aromatic carbocycles. The number of rotatable bonds is 7. The summed E-state index contributed by atoms with van der Waals surface area (Å²) in [5.41, 5.74) is -2.37. The quantitative estimate of drug-likeness (QED) is 0.285. The van der Waals surface area contributed by atoms with Crippen LogP contribution >= 0.6 is 0 Å². The van der Waals surface area contributed by atoms with Crippen molar-refractivity contribution in [2.24, 2.45) is 40.4 Å². The van der Waals surface area contributed by atoms with E-state index in [-0.39, 0.29) is 47.3 Å². The molecular weight excluding hydrogens is 491 g/mol. The van der Waals surface area contributed by atoms with Crippen LogP contribution in [-0.2, 0) is 19.3 Å². The number of hydrogen-bond acceptors (Lipinski definition) is 7. The molecule has 1 aliphatic heterocycles. The van der Waals surface area contributed by atoms with Crippen LogP contribution in [0.1, 0.15) is 98.3 Å². The standard InChI is InChI=1S/C27H46O7S.Na/c1-17(2)6-5-7-18(3)20-8-9-21-24(20,4)12-11-22-25-13-10-19(34-35(30,31)32)14-27(25,29)23(28)15-26(21,22)33-16-25;/h17-23,28-29H,5-16H2,1-4H3,(H,30,31,32);/q;+1/p-1/t18-,19+,20-,21-,22-,23-,24-,25+,26-,27+;/m1./s1. The predicted molar refractivity (Wildman–Crippen MR) is 130 cm³/mol. The smallest absolute Gasteiger partial charge is 0.726 e. The summed E-state index contributed by atoms with van der Waals surface area (Å²) in [6.45, 7) is 9.87. The van der Waals surface area contributed by atoms with Gasteiger partial charge < -0.3 is 19.5 Å². The van der Waals surface area contributed by atoms with Gasteiger partial charge in [0.1, 0.15) is 5.60 Å². The van der Waals surface area contributed by atoms with Gasteiger partial charge in [-0.2, -0.15) is 0 Å². The predicted octanol–water partition coefficient (Wildman–Crippen LogP) is 1.18. The molecule has 0 radical (unpaired) electrons. The minimum Gasteiger partial charge on any atom is -0.726 e. The second-order valence-corrected chi connectivity index (χ2v) is 14.6. The summed E-state index contributed by atoms with van der Waals surface area (Å²) in [7, 11) is -4.87. The molecule has 5 aliphatic rings. The van der Waals surface area contributed by atoms with Gasteiger partial charge in [0.15, 0.2) is 0 Å². The molecule has 0 aromatic rings. The van der Waals surface area contributed by atoms with Crippen LogP contribution < -0.4 is 29.6 Å². The van der Waals surface area contributed by atoms with Crippen LogP contribution in [-0.4, -0.2) is 53.2 Å². The van der Waals surface area contributed by atoms with Gasteiger partial charge in [0.05, 0.1) is 24.4 Å². The SMILES string of the molecule is CC(C)CCC[C@@H](C)[C@H]1CC[C@@H]2[C@]1(C)CC[C@H]1[C@@]23C[C@@H](O)[C@@]2(O)C[C@@H](OS(=O)(=O)[O-])CC[C@]12CO3.[Na+]. The maximum Gasteiger partial charge on any atom is 1.00 e. The molecular formula is C27H45NaO7S. The van der Waals surface area contributed by atoms with Gasteiger partial charge >= 0.3 is 29.6 Å². The summed E-state index contributed by atoms with van der Waals surface area (Å²) in [5.74, 6) is 2.56. The van der Waals surface area contributed by atoms with Gasteiger partial charge in [-0.25, -0.2) is 8.42 Å². The molecule has 10 atom stereocenters. The first-order valence-electron chi connectivity index (χ1n) is 14.0. The molecule has 1 spiro atoms. The molecule has 5 fully saturated rings. The zero-order valence-corrected chi connectivity index (χ0v) is 25.7. The van der Waals surface area contributed by atoms with Crippen LogP contribution in [0, 0.1) is 40.4 Å². The van der Waals surface area contributed by atoms with Crippen LogP contribution in [0.3, 0.4) is 0 Å². The van der Waals surface area contributed by atoms with E-state index >= 15 is 0 Å². The number of ether oxygens (including phenoxy) is 1. The van der Waals surface area contributed by atoms with Gasteiger partial charge in [0, 0.05) is 18.3 Å². The number of aliphatic hydroxyl groups is 2. The van der Waals surface area contributed by atoms with E-state index in [1.165, 1.54) is 25.7 Å². The average Bonchev–Trinajstić information content (AvgIpc) is 3.23. The van der Waals surface area contributed by atoms with Crippen molar-refractivity contribution in [3.8, 4) is 0 Å². The van der Waals surface area contributed by atoms with E-state index in [0.717, 1.165) is 25.2 Å². The van der Waals surface area contributed by atoms with Crippen molar-refractivity contribution < 1.29 is 61.7 Å². The molecule has 1 heterocycles. The molecule has 2 bridgehead atoms. The zero-order valence-electron chi connectivity index (χ0n) is 22.9. The van der Waals surface area contributed by atoms with Crippen molar-refractivity contribution in [2.45, 2.75) is 122 Å². The van der Waals surface area contributed by atoms with Crippen molar-refractivity contribution in [1.29, 1.82) is 0 Å². The van der Waals surface area contributed by atoms with Gasteiger partial charge in [0.2, 0.25) is 10.4 Å². The third-order valence-corrected chi connectivity index (χ3v) is 12.1. The van der Waals surface area contributed by atoms with Crippen LogP contribution in [0.5, 0.6) is 0 Å². The number of hydrogen-bond donors (Lipinski definition) is 2. The second-order valence-electron chi connectivity index (χ2n) is 13.5. The summed E-state index contributed by atoms with van der Waals surface area (Å²) < 4.78 is 45.2. The third kappa shape index (κ3) is 4.41. The van der Waals surface area contributed by atoms with Crippen molar-refractivity contribution in [1.82, 2.24) is 0 Å². The Bertz CT molecular complexity index is 929. The molecule has 36 heavy (non-hydrogen) atoms. The topological polar surface area (TPSA) is 116 Å². The van der Waals surface area contributed by atoms with E-state index in [2.05, 4.69) is 27.7 Å². The fourth-order valence-electron chi connectivity index (χ4n) is 10.2. The largest absolute Gasteiger partial charge is 1.00 e. The Morgan fingerprint density at radius 3 is 2.44 bits per heavy atom. The Morgan fingerprint density at radius 2 is 1.78 bits per heavy atom. The van der Waals surface area contributed by atoms with Crippen LogP contribution in [0.15, 0.2) is 0 Å². The fraction of sp³-hybridized carbons (Fsp3) is 1.00. The Morgan fingerprint density at radius 1 is 1.06 bits per heavy atom. The first kappa shape index (κ1) is 29.7. The molecule has 0 unspecified atom stereocenters. The zero-order chi connectivity index (χ0) is 25.4. The molecule has 2 N–H and O–H groups in total. The molecule has 5 rings (SSSR count). The summed E-state index contributed by atoms with van der Waals surface area (Å²) in [6.07, 6.45) is 7.49. The minimum atomic E-state index is -4.87. The average molecular weight is 537 g/mol. The van der Waals surface area contributed by atoms with Crippen molar-refractivity contribution in [3.63, 3.8) is 0 Å². The van der Waals surface area contributed by atoms with Gasteiger partial charge in [-0.05, 0) is 73.5 Å². The monoisotopic (exact) mass is 536 g/mol. The first-order chi connectivity index (χ1) is 16.3. The van der Waals surface area contributed by atoms with Crippen LogP contribution in [0.2, 0.25) is 0 Å². The van der Waals surface area contributed by atoms with Crippen LogP contribution in [0.25, 0.3) is 0 Å². The van der Waals surface area contributed by atoms with E-state index < -0.39 is 39.2 Å². The molecule has 0 amide bonds. The molecule has 0 aromatic heterocycles. The maximum absolute atomic E-state index is 11.9. The number of fused-ring (bicyclic) bond motifs is 1. The number of aliphatic hydroxyl groups excluding tert-OH is 1. The fourth-order valence-corrected chi connectivity index (χ4v) is 10.7. The van der Waals surface area contributed by atoms with Crippen LogP contribution in [0.4, 0.5) is 0 Å². The molecule has 4 saturated carbocycles. The van der Waals surface area contributed by atoms with Gasteiger partial charge in [-0.3, -0.25) is 4.18 Å². The third-order valence-electron chi connectivity index (χ3n) is 11.6. The normalized spacial score (nSPS) is 48.6. The van der Waals surface area contributed by atoms with Gasteiger partial charge in [0.25, 0.3) is 0 Å². The minimum absolute atomic E-state index is 0. The molecule has 7 nitrogen and oxygen atoms in total. The van der Waals surface area contributed by atoms with Crippen molar-refractivity contribution in [3.05, 3.63) is 0 Å². The van der Waals surface area contributed by atoms with Crippen molar-refractivity contribution in [2.75, 3.05) is 6.61 Å². The summed E-state index contributed by atoms with van der Waals surface area (Å²) in [6, 6.07) is 0. The van der Waals surface area contributed by atoms with Gasteiger partial charge in [-0.15, -0.1) is 0 Å². The Labute approximate surface area is 239 Å². The Kier molecular flexibility index (Phi) is 8.25. The van der Waals surface area contributed by atoms with E-state index in [9.17, 15) is 23.2 Å². The summed E-state index contributed by atoms with van der Waals surface area (Å²) in [5, 5.41) is 23.3. The van der Waals surface area contributed by atoms with E-state index in [1.807, 2.05) is 0 Å². The molecule has 202 valence electrons.